The Bertz CT molecular complexity index is 1390. The summed E-state index contributed by atoms with van der Waals surface area (Å²) in [6, 6.07) is 6.86. The van der Waals surface area contributed by atoms with Crippen molar-refractivity contribution in [1.29, 1.82) is 5.26 Å². The van der Waals surface area contributed by atoms with Gasteiger partial charge in [0.2, 0.25) is 16.0 Å². The number of sulfonamides is 1. The van der Waals surface area contributed by atoms with Gasteiger partial charge in [0.05, 0.1) is 41.9 Å². The Labute approximate surface area is 209 Å². The molecule has 1 saturated heterocycles. The number of aromatic amines is 1. The lowest BCUT2D eigenvalue weighted by molar-refractivity contribution is 0.0730. The number of nitriles is 1. The van der Waals surface area contributed by atoms with E-state index in [1.54, 1.807) is 12.3 Å². The van der Waals surface area contributed by atoms with Gasteiger partial charge in [0.15, 0.2) is 0 Å². The average molecular weight is 512 g/mol. The lowest BCUT2D eigenvalue weighted by atomic mass is 10.1. The number of nitrogens with one attached hydrogen (secondary N) is 3. The summed E-state index contributed by atoms with van der Waals surface area (Å²) < 4.78 is 38.3. The van der Waals surface area contributed by atoms with Crippen LogP contribution in [0.4, 0.5) is 17.5 Å². The normalized spacial score (nSPS) is 17.2. The standard InChI is InChI=1S/C24H29N7O4S/c1-34-20-12-18(36(32,33)31-8-10-35-11-9-31)6-7-19(20)28-24-29-22(26-14-16-4-2-3-5-16)21-17(13-25)15-27-23(21)30-24/h6-7,12,15-16H,2-5,8-11,14H2,1H3,(H3,26,27,28,29,30). The van der Waals surface area contributed by atoms with E-state index in [4.69, 9.17) is 9.47 Å². The second-order valence-electron chi connectivity index (χ2n) is 8.97. The molecule has 5 rings (SSSR count). The molecule has 12 heteroatoms. The van der Waals surface area contributed by atoms with E-state index in [1.807, 2.05) is 0 Å². The Morgan fingerprint density at radius 3 is 2.75 bits per heavy atom. The van der Waals surface area contributed by atoms with Gasteiger partial charge in [0.1, 0.15) is 23.3 Å². The van der Waals surface area contributed by atoms with Gasteiger partial charge in [-0.25, -0.2) is 8.42 Å². The van der Waals surface area contributed by atoms with E-state index >= 15 is 0 Å². The van der Waals surface area contributed by atoms with Crippen LogP contribution in [-0.2, 0) is 14.8 Å². The summed E-state index contributed by atoms with van der Waals surface area (Å²) in [6.45, 7) is 2.16. The van der Waals surface area contributed by atoms with E-state index in [-0.39, 0.29) is 4.90 Å². The van der Waals surface area contributed by atoms with Gasteiger partial charge in [-0.05, 0) is 30.9 Å². The number of hydrogen-bond donors (Lipinski definition) is 3. The van der Waals surface area contributed by atoms with Crippen molar-refractivity contribution in [3.8, 4) is 11.8 Å². The zero-order valence-electron chi connectivity index (χ0n) is 20.1. The third kappa shape index (κ3) is 4.82. The van der Waals surface area contributed by atoms with Crippen molar-refractivity contribution in [3.05, 3.63) is 30.0 Å². The predicted octanol–water partition coefficient (Wildman–Crippen LogP) is 3.20. The van der Waals surface area contributed by atoms with Crippen molar-refractivity contribution in [2.45, 2.75) is 30.6 Å². The molecule has 190 valence electrons. The SMILES string of the molecule is COc1cc(S(=O)(=O)N2CCOCC2)ccc1Nc1nc(NCC2CCCC2)c2c(C#N)c[nH]c2n1. The Kier molecular flexibility index (Phi) is 6.95. The fraction of sp³-hybridized carbons (Fsp3) is 0.458. The average Bonchev–Trinajstić information content (AvgIpc) is 3.58. The molecular formula is C24H29N7O4S. The van der Waals surface area contributed by atoms with Crippen LogP contribution in [-0.4, -0.2) is 67.6 Å². The molecule has 1 saturated carbocycles. The topological polar surface area (TPSA) is 145 Å². The number of methoxy groups -OCH3 is 1. The first-order valence-corrected chi connectivity index (χ1v) is 13.5. The minimum atomic E-state index is -3.67. The molecule has 1 aliphatic heterocycles. The van der Waals surface area contributed by atoms with Crippen molar-refractivity contribution >= 4 is 38.5 Å². The molecule has 1 aliphatic carbocycles. The summed E-state index contributed by atoms with van der Waals surface area (Å²) in [6.07, 6.45) is 6.46. The molecule has 36 heavy (non-hydrogen) atoms. The first-order valence-electron chi connectivity index (χ1n) is 12.1. The highest BCUT2D eigenvalue weighted by atomic mass is 32.2. The van der Waals surface area contributed by atoms with Gasteiger partial charge < -0.3 is 25.1 Å². The number of rotatable bonds is 8. The van der Waals surface area contributed by atoms with Crippen molar-refractivity contribution in [1.82, 2.24) is 19.3 Å². The third-order valence-corrected chi connectivity index (χ3v) is 8.61. The Morgan fingerprint density at radius 2 is 2.03 bits per heavy atom. The minimum absolute atomic E-state index is 0.144. The molecule has 11 nitrogen and oxygen atoms in total. The van der Waals surface area contributed by atoms with E-state index in [0.717, 1.165) is 6.54 Å². The third-order valence-electron chi connectivity index (χ3n) is 6.71. The number of anilines is 3. The highest BCUT2D eigenvalue weighted by Gasteiger charge is 2.27. The van der Waals surface area contributed by atoms with Gasteiger partial charge in [0, 0.05) is 31.9 Å². The molecule has 3 heterocycles. The number of nitrogens with zero attached hydrogens (tertiary/aromatic N) is 4. The van der Waals surface area contributed by atoms with Crippen LogP contribution in [0.15, 0.2) is 29.3 Å². The second-order valence-corrected chi connectivity index (χ2v) is 10.9. The van der Waals surface area contributed by atoms with E-state index < -0.39 is 10.0 Å². The summed E-state index contributed by atoms with van der Waals surface area (Å²) in [7, 11) is -2.19. The largest absolute Gasteiger partial charge is 0.495 e. The molecule has 2 aromatic heterocycles. The van der Waals surface area contributed by atoms with Gasteiger partial charge in [-0.15, -0.1) is 0 Å². The van der Waals surface area contributed by atoms with Gasteiger partial charge in [-0.2, -0.15) is 19.5 Å². The monoisotopic (exact) mass is 511 g/mol. The Morgan fingerprint density at radius 1 is 1.25 bits per heavy atom. The number of fused-ring (bicyclic) bond motifs is 1. The number of hydrogen-bond acceptors (Lipinski definition) is 9. The second kappa shape index (κ2) is 10.3. The molecule has 0 amide bonds. The molecule has 2 fully saturated rings. The lowest BCUT2D eigenvalue weighted by Gasteiger charge is -2.26. The van der Waals surface area contributed by atoms with Crippen LogP contribution in [0.2, 0.25) is 0 Å². The lowest BCUT2D eigenvalue weighted by Crippen LogP contribution is -2.40. The Hall–Kier alpha value is -3.40. The fourth-order valence-corrected chi connectivity index (χ4v) is 6.18. The van der Waals surface area contributed by atoms with E-state index in [1.165, 1.54) is 49.2 Å². The van der Waals surface area contributed by atoms with Crippen LogP contribution in [0.1, 0.15) is 31.2 Å². The minimum Gasteiger partial charge on any atom is -0.495 e. The molecule has 3 N–H and O–H groups in total. The summed E-state index contributed by atoms with van der Waals surface area (Å²) >= 11 is 0. The fourth-order valence-electron chi connectivity index (χ4n) is 4.75. The smallest absolute Gasteiger partial charge is 0.243 e. The maximum atomic E-state index is 13.1. The molecule has 3 aromatic rings. The number of morpholine rings is 1. The number of aromatic nitrogens is 3. The van der Waals surface area contributed by atoms with Crippen LogP contribution < -0.4 is 15.4 Å². The molecule has 2 aliphatic rings. The van der Waals surface area contributed by atoms with Crippen LogP contribution in [0.3, 0.4) is 0 Å². The molecule has 0 radical (unpaired) electrons. The van der Waals surface area contributed by atoms with Crippen LogP contribution in [0.25, 0.3) is 11.0 Å². The summed E-state index contributed by atoms with van der Waals surface area (Å²) in [5, 5.41) is 16.8. The summed E-state index contributed by atoms with van der Waals surface area (Å²) in [4.78, 5) is 12.4. The molecule has 0 bridgehead atoms. The zero-order valence-corrected chi connectivity index (χ0v) is 20.9. The van der Waals surface area contributed by atoms with Gasteiger partial charge in [-0.1, -0.05) is 12.8 Å². The van der Waals surface area contributed by atoms with Crippen molar-refractivity contribution in [2.24, 2.45) is 5.92 Å². The molecule has 0 atom stereocenters. The maximum Gasteiger partial charge on any atom is 0.243 e. The Balaban J connectivity index is 1.44. The summed E-state index contributed by atoms with van der Waals surface area (Å²) in [5.41, 5.74) is 1.52. The maximum absolute atomic E-state index is 13.1. The molecule has 0 unspecified atom stereocenters. The molecular weight excluding hydrogens is 482 g/mol. The first-order chi connectivity index (χ1) is 17.5. The molecule has 1 aromatic carbocycles. The van der Waals surface area contributed by atoms with Crippen molar-refractivity contribution < 1.29 is 17.9 Å². The first kappa shape index (κ1) is 24.3. The van der Waals surface area contributed by atoms with Crippen LogP contribution >= 0.6 is 0 Å². The highest BCUT2D eigenvalue weighted by molar-refractivity contribution is 7.89. The van der Waals surface area contributed by atoms with Crippen LogP contribution in [0.5, 0.6) is 5.75 Å². The van der Waals surface area contributed by atoms with Gasteiger partial charge >= 0.3 is 0 Å². The van der Waals surface area contributed by atoms with Crippen molar-refractivity contribution in [2.75, 3.05) is 50.6 Å². The van der Waals surface area contributed by atoms with Gasteiger partial charge in [0.25, 0.3) is 0 Å². The summed E-state index contributed by atoms with van der Waals surface area (Å²) in [5.74, 6) is 1.80. The number of ether oxygens (including phenoxy) is 2. The van der Waals surface area contributed by atoms with Crippen LogP contribution in [0, 0.1) is 17.2 Å². The van der Waals surface area contributed by atoms with E-state index in [0.29, 0.717) is 72.0 Å². The predicted molar refractivity (Wildman–Crippen MR) is 135 cm³/mol. The van der Waals surface area contributed by atoms with Gasteiger partial charge in [-0.3, -0.25) is 0 Å². The number of benzene rings is 1. The zero-order chi connectivity index (χ0) is 25.1. The van der Waals surface area contributed by atoms with Crippen molar-refractivity contribution in [3.63, 3.8) is 0 Å². The van der Waals surface area contributed by atoms with E-state index in [2.05, 4.69) is 31.7 Å². The number of H-pyrrole nitrogens is 1. The highest BCUT2D eigenvalue weighted by Crippen LogP contribution is 2.33. The quantitative estimate of drug-likeness (QED) is 0.415. The molecule has 0 spiro atoms. The van der Waals surface area contributed by atoms with E-state index in [9.17, 15) is 13.7 Å².